The molecule has 6 nitrogen and oxygen atoms in total. The molecule has 0 bridgehead atoms. The van der Waals surface area contributed by atoms with Crippen molar-refractivity contribution >= 4 is 23.6 Å². The van der Waals surface area contributed by atoms with Crippen LogP contribution in [0.25, 0.3) is 23.0 Å². The summed E-state index contributed by atoms with van der Waals surface area (Å²) in [7, 11) is 0. The number of imidazole rings is 1. The first-order valence-corrected chi connectivity index (χ1v) is 9.71. The van der Waals surface area contributed by atoms with Gasteiger partial charge in [-0.3, -0.25) is 9.20 Å². The van der Waals surface area contributed by atoms with E-state index < -0.39 is 12.0 Å². The van der Waals surface area contributed by atoms with E-state index in [0.717, 1.165) is 33.7 Å². The number of amides is 1. The number of carbonyl (C=O) groups is 2. The molecule has 1 aliphatic heterocycles. The minimum absolute atomic E-state index is 0.285. The third kappa shape index (κ3) is 3.66. The van der Waals surface area contributed by atoms with Gasteiger partial charge in [0.05, 0.1) is 11.4 Å². The zero-order valence-corrected chi connectivity index (χ0v) is 16.5. The molecule has 6 heteroatoms. The lowest BCUT2D eigenvalue weighted by atomic mass is 10.1. The number of aromatic nitrogens is 2. The Morgan fingerprint density at radius 1 is 1.14 bits per heavy atom. The molecule has 148 valence electrons. The van der Waals surface area contributed by atoms with Crippen molar-refractivity contribution in [2.24, 2.45) is 0 Å². The average molecular weight is 389 g/mol. The first-order valence-electron chi connectivity index (χ1n) is 9.71. The Hall–Kier alpha value is -3.41. The molecule has 3 aromatic rings. The second kappa shape index (κ2) is 7.54. The quantitative estimate of drug-likeness (QED) is 0.691. The van der Waals surface area contributed by atoms with Crippen molar-refractivity contribution in [3.63, 3.8) is 0 Å². The number of pyridine rings is 1. The molecule has 0 spiro atoms. The van der Waals surface area contributed by atoms with E-state index in [-0.39, 0.29) is 5.91 Å². The topological polar surface area (TPSA) is 74.9 Å². The number of likely N-dealkylation sites (tertiary alicyclic amines) is 1. The highest BCUT2D eigenvalue weighted by molar-refractivity contribution is 5.95. The summed E-state index contributed by atoms with van der Waals surface area (Å²) in [6.45, 7) is 4.52. The fourth-order valence-electron chi connectivity index (χ4n) is 3.78. The Kier molecular flexibility index (Phi) is 4.92. The van der Waals surface area contributed by atoms with Gasteiger partial charge in [-0.1, -0.05) is 29.8 Å². The standard InChI is InChI=1S/C23H23N3O3/c1-15-5-7-17(8-6-15)22-18(25-13-11-16(2)14-20(25)24-22)9-10-21(27)26-12-3-4-19(26)23(28)29/h5-11,13-14,19H,3-4,12H2,1-2H3,(H,28,29)/b10-9+. The van der Waals surface area contributed by atoms with Gasteiger partial charge in [-0.2, -0.15) is 0 Å². The van der Waals surface area contributed by atoms with E-state index in [1.54, 1.807) is 6.08 Å². The number of hydrogen-bond acceptors (Lipinski definition) is 3. The van der Waals surface area contributed by atoms with E-state index in [9.17, 15) is 14.7 Å². The molecule has 0 radical (unpaired) electrons. The number of carboxylic acid groups (broad SMARTS) is 1. The summed E-state index contributed by atoms with van der Waals surface area (Å²) in [6, 6.07) is 11.4. The van der Waals surface area contributed by atoms with Crippen LogP contribution in [0.15, 0.2) is 48.7 Å². The molecule has 0 aliphatic carbocycles. The number of carboxylic acids is 1. The number of carbonyl (C=O) groups excluding carboxylic acids is 1. The van der Waals surface area contributed by atoms with Crippen LogP contribution in [0, 0.1) is 13.8 Å². The molecule has 2 aromatic heterocycles. The summed E-state index contributed by atoms with van der Waals surface area (Å²) in [5.41, 5.74) is 5.62. The molecule has 3 heterocycles. The normalized spacial score (nSPS) is 16.8. The van der Waals surface area contributed by atoms with Crippen LogP contribution in [0.2, 0.25) is 0 Å². The molecule has 29 heavy (non-hydrogen) atoms. The number of fused-ring (bicyclic) bond motifs is 1. The molecule has 1 fully saturated rings. The first kappa shape index (κ1) is 18.9. The van der Waals surface area contributed by atoms with Gasteiger partial charge in [-0.05, 0) is 50.5 Å². The van der Waals surface area contributed by atoms with E-state index in [0.29, 0.717) is 19.4 Å². The Morgan fingerprint density at radius 2 is 1.90 bits per heavy atom. The lowest BCUT2D eigenvalue weighted by Gasteiger charge is -2.19. The van der Waals surface area contributed by atoms with Gasteiger partial charge in [-0.15, -0.1) is 0 Å². The molecule has 1 aliphatic rings. The summed E-state index contributed by atoms with van der Waals surface area (Å²) in [5, 5.41) is 9.34. The van der Waals surface area contributed by atoms with Crippen LogP contribution in [0.1, 0.15) is 29.7 Å². The predicted molar refractivity (Wildman–Crippen MR) is 112 cm³/mol. The average Bonchev–Trinajstić information content (AvgIpc) is 3.31. The Bertz CT molecular complexity index is 1110. The van der Waals surface area contributed by atoms with Crippen molar-refractivity contribution in [2.75, 3.05) is 6.54 Å². The smallest absolute Gasteiger partial charge is 0.326 e. The number of nitrogens with zero attached hydrogens (tertiary/aromatic N) is 3. The monoisotopic (exact) mass is 389 g/mol. The zero-order valence-electron chi connectivity index (χ0n) is 16.5. The maximum Gasteiger partial charge on any atom is 0.326 e. The molecule has 1 atom stereocenters. The second-order valence-corrected chi connectivity index (χ2v) is 7.51. The van der Waals surface area contributed by atoms with Crippen LogP contribution in [-0.2, 0) is 9.59 Å². The third-order valence-corrected chi connectivity index (χ3v) is 5.35. The number of aliphatic carboxylic acids is 1. The van der Waals surface area contributed by atoms with Crippen LogP contribution in [0.3, 0.4) is 0 Å². The SMILES string of the molecule is Cc1ccc(-c2nc3cc(C)ccn3c2/C=C/C(=O)N2CCCC2C(=O)O)cc1. The summed E-state index contributed by atoms with van der Waals surface area (Å²) in [5.74, 6) is -1.23. The fraction of sp³-hybridized carbons (Fsp3) is 0.261. The van der Waals surface area contributed by atoms with Gasteiger partial charge in [0.15, 0.2) is 0 Å². The second-order valence-electron chi connectivity index (χ2n) is 7.51. The van der Waals surface area contributed by atoms with E-state index in [4.69, 9.17) is 4.98 Å². The highest BCUT2D eigenvalue weighted by atomic mass is 16.4. The minimum atomic E-state index is -0.949. The first-order chi connectivity index (χ1) is 13.9. The van der Waals surface area contributed by atoms with Crippen LogP contribution < -0.4 is 0 Å². The lowest BCUT2D eigenvalue weighted by molar-refractivity contribution is -0.146. The highest BCUT2D eigenvalue weighted by Gasteiger charge is 2.32. The van der Waals surface area contributed by atoms with E-state index in [1.165, 1.54) is 11.0 Å². The molecule has 1 unspecified atom stereocenters. The van der Waals surface area contributed by atoms with Crippen molar-refractivity contribution in [1.82, 2.24) is 14.3 Å². The van der Waals surface area contributed by atoms with Crippen molar-refractivity contribution in [3.05, 3.63) is 65.5 Å². The summed E-state index contributed by atoms with van der Waals surface area (Å²) in [6.07, 6.45) is 6.35. The molecule has 1 amide bonds. The van der Waals surface area contributed by atoms with Gasteiger partial charge in [0.2, 0.25) is 5.91 Å². The summed E-state index contributed by atoms with van der Waals surface area (Å²) < 4.78 is 1.95. The molecule has 4 rings (SSSR count). The van der Waals surface area contributed by atoms with Crippen LogP contribution >= 0.6 is 0 Å². The van der Waals surface area contributed by atoms with Crippen molar-refractivity contribution in [3.8, 4) is 11.3 Å². The van der Waals surface area contributed by atoms with Crippen molar-refractivity contribution < 1.29 is 14.7 Å². The van der Waals surface area contributed by atoms with Gasteiger partial charge >= 0.3 is 5.97 Å². The van der Waals surface area contributed by atoms with Gasteiger partial charge < -0.3 is 10.0 Å². The number of rotatable bonds is 4. The summed E-state index contributed by atoms with van der Waals surface area (Å²) >= 11 is 0. The zero-order chi connectivity index (χ0) is 20.5. The largest absolute Gasteiger partial charge is 0.480 e. The van der Waals surface area contributed by atoms with Crippen molar-refractivity contribution in [2.45, 2.75) is 32.7 Å². The Labute approximate surface area is 169 Å². The third-order valence-electron chi connectivity index (χ3n) is 5.35. The molecule has 0 saturated carbocycles. The molecule has 1 saturated heterocycles. The molecular weight excluding hydrogens is 366 g/mol. The van der Waals surface area contributed by atoms with Crippen LogP contribution in [-0.4, -0.2) is 43.9 Å². The van der Waals surface area contributed by atoms with Crippen LogP contribution in [0.5, 0.6) is 0 Å². The molecular formula is C23H23N3O3. The van der Waals surface area contributed by atoms with E-state index in [2.05, 4.69) is 0 Å². The van der Waals surface area contributed by atoms with Gasteiger partial charge in [-0.25, -0.2) is 9.78 Å². The Morgan fingerprint density at radius 3 is 2.62 bits per heavy atom. The van der Waals surface area contributed by atoms with Crippen molar-refractivity contribution in [1.29, 1.82) is 0 Å². The molecule has 1 aromatic carbocycles. The maximum absolute atomic E-state index is 12.7. The van der Waals surface area contributed by atoms with E-state index >= 15 is 0 Å². The maximum atomic E-state index is 12.7. The fourth-order valence-corrected chi connectivity index (χ4v) is 3.78. The van der Waals surface area contributed by atoms with Crippen LogP contribution in [0.4, 0.5) is 0 Å². The number of hydrogen-bond donors (Lipinski definition) is 1. The number of aryl methyl sites for hydroxylation is 2. The van der Waals surface area contributed by atoms with Gasteiger partial charge in [0, 0.05) is 24.4 Å². The highest BCUT2D eigenvalue weighted by Crippen LogP contribution is 2.27. The summed E-state index contributed by atoms with van der Waals surface area (Å²) in [4.78, 5) is 30.3. The van der Waals surface area contributed by atoms with Gasteiger partial charge in [0.25, 0.3) is 0 Å². The lowest BCUT2D eigenvalue weighted by Crippen LogP contribution is -2.39. The van der Waals surface area contributed by atoms with E-state index in [1.807, 2.05) is 60.8 Å². The number of benzene rings is 1. The predicted octanol–water partition coefficient (Wildman–Crippen LogP) is 3.71. The minimum Gasteiger partial charge on any atom is -0.480 e. The molecule has 1 N–H and O–H groups in total. The van der Waals surface area contributed by atoms with Gasteiger partial charge in [0.1, 0.15) is 11.7 Å². The Balaban J connectivity index is 1.74.